The van der Waals surface area contributed by atoms with Crippen molar-refractivity contribution in [3.63, 3.8) is 0 Å². The Labute approximate surface area is 125 Å². The lowest BCUT2D eigenvalue weighted by molar-refractivity contribution is -0.131. The third kappa shape index (κ3) is 4.32. The third-order valence-corrected chi connectivity index (χ3v) is 6.21. The summed E-state index contributed by atoms with van der Waals surface area (Å²) < 4.78 is 131. The van der Waals surface area contributed by atoms with Crippen LogP contribution in [0.15, 0.2) is 29.2 Å². The van der Waals surface area contributed by atoms with Gasteiger partial charge in [-0.05, 0) is 24.3 Å². The van der Waals surface area contributed by atoms with Gasteiger partial charge in [-0.15, -0.1) is 0 Å². The van der Waals surface area contributed by atoms with E-state index in [-0.39, 0.29) is 0 Å². The van der Waals surface area contributed by atoms with E-state index in [0.29, 0.717) is 24.3 Å². The van der Waals surface area contributed by atoms with Crippen LogP contribution in [0.2, 0.25) is 0 Å². The molecule has 0 bridgehead atoms. The van der Waals surface area contributed by atoms with Crippen LogP contribution in [0.5, 0.6) is 0 Å². The molecular formula is C9H6F7NO4S2. The van der Waals surface area contributed by atoms with Crippen molar-refractivity contribution in [2.24, 2.45) is 0 Å². The number of halogens is 7. The van der Waals surface area contributed by atoms with E-state index in [1.54, 1.807) is 0 Å². The van der Waals surface area contributed by atoms with E-state index in [1.165, 1.54) is 0 Å². The molecule has 0 unspecified atom stereocenters. The molecule has 1 rings (SSSR count). The average Bonchev–Trinajstić information content (AvgIpc) is 2.33. The van der Waals surface area contributed by atoms with E-state index in [4.69, 9.17) is 0 Å². The van der Waals surface area contributed by atoms with Gasteiger partial charge in [-0.2, -0.15) is 26.3 Å². The summed E-state index contributed by atoms with van der Waals surface area (Å²) >= 11 is 0. The Morgan fingerprint density at radius 3 is 1.65 bits per heavy atom. The van der Waals surface area contributed by atoms with E-state index in [0.717, 1.165) is 0 Å². The quantitative estimate of drug-likeness (QED) is 0.741. The Hall–Kier alpha value is -1.41. The zero-order valence-corrected chi connectivity index (χ0v) is 12.2. The molecule has 0 aliphatic heterocycles. The lowest BCUT2D eigenvalue weighted by Crippen LogP contribution is -2.48. The van der Waals surface area contributed by atoms with Crippen molar-refractivity contribution < 1.29 is 47.6 Å². The van der Waals surface area contributed by atoms with Crippen molar-refractivity contribution in [3.05, 3.63) is 30.1 Å². The predicted octanol–water partition coefficient (Wildman–Crippen LogP) is 2.23. The summed E-state index contributed by atoms with van der Waals surface area (Å²) in [6.45, 7) is -2.92. The SMILES string of the molecule is O=S(=O)(c1ccc(F)cc1)N(CC(F)(F)F)S(=O)(=O)C(F)(F)F. The Morgan fingerprint density at radius 2 is 1.30 bits per heavy atom. The van der Waals surface area contributed by atoms with Crippen LogP contribution in [0.4, 0.5) is 30.7 Å². The molecule has 0 radical (unpaired) electrons. The minimum atomic E-state index is -6.86. The highest BCUT2D eigenvalue weighted by molar-refractivity contribution is 8.04. The first-order chi connectivity index (χ1) is 10.1. The van der Waals surface area contributed by atoms with Gasteiger partial charge in [0.2, 0.25) is 0 Å². The number of hydrogen-bond acceptors (Lipinski definition) is 4. The zero-order valence-electron chi connectivity index (χ0n) is 10.6. The van der Waals surface area contributed by atoms with E-state index in [2.05, 4.69) is 0 Å². The minimum absolute atomic E-state index is 0.333. The van der Waals surface area contributed by atoms with Crippen molar-refractivity contribution in [2.75, 3.05) is 6.54 Å². The Kier molecular flexibility index (Phi) is 5.04. The molecule has 0 aliphatic carbocycles. The summed E-state index contributed by atoms with van der Waals surface area (Å²) in [5.41, 5.74) is -6.29. The fraction of sp³-hybridized carbons (Fsp3) is 0.333. The van der Waals surface area contributed by atoms with E-state index >= 15 is 0 Å². The van der Waals surface area contributed by atoms with Gasteiger partial charge in [0.05, 0.1) is 4.90 Å². The summed E-state index contributed by atoms with van der Waals surface area (Å²) in [6, 6.07) is 1.53. The molecule has 0 saturated carbocycles. The molecule has 5 nitrogen and oxygen atoms in total. The van der Waals surface area contributed by atoms with Gasteiger partial charge < -0.3 is 0 Å². The lowest BCUT2D eigenvalue weighted by atomic mass is 10.4. The van der Waals surface area contributed by atoms with Crippen molar-refractivity contribution >= 4 is 20.0 Å². The van der Waals surface area contributed by atoms with Crippen LogP contribution in [-0.4, -0.2) is 38.8 Å². The molecule has 0 aliphatic rings. The minimum Gasteiger partial charge on any atom is -0.207 e. The molecule has 14 heteroatoms. The molecule has 1 aromatic rings. The van der Waals surface area contributed by atoms with Gasteiger partial charge in [-0.25, -0.2) is 21.2 Å². The average molecular weight is 389 g/mol. The third-order valence-electron chi connectivity index (χ3n) is 2.25. The maximum atomic E-state index is 12.7. The van der Waals surface area contributed by atoms with E-state index < -0.39 is 52.7 Å². The van der Waals surface area contributed by atoms with E-state index in [9.17, 15) is 47.6 Å². The van der Waals surface area contributed by atoms with Crippen LogP contribution in [-0.2, 0) is 20.0 Å². The molecule has 132 valence electrons. The highest BCUT2D eigenvalue weighted by Crippen LogP contribution is 2.33. The lowest BCUT2D eigenvalue weighted by Gasteiger charge is -2.23. The number of benzene rings is 1. The Balaban J connectivity index is 3.55. The molecule has 0 fully saturated rings. The number of hydrogen-bond donors (Lipinski definition) is 0. The van der Waals surface area contributed by atoms with Crippen molar-refractivity contribution in [1.82, 2.24) is 3.71 Å². The summed E-state index contributed by atoms with van der Waals surface area (Å²) in [4.78, 5) is -1.25. The molecule has 0 N–H and O–H groups in total. The number of nitrogens with zero attached hydrogens (tertiary/aromatic N) is 1. The molecule has 0 amide bonds. The molecule has 1 aromatic carbocycles. The second-order valence-electron chi connectivity index (χ2n) is 3.96. The summed E-state index contributed by atoms with van der Waals surface area (Å²) in [5, 5.41) is 0. The monoisotopic (exact) mass is 389 g/mol. The standard InChI is InChI=1S/C9H6F7NO4S2/c10-6-1-3-7(4-2-6)22(18,19)17(5-8(11,12)13)23(20,21)9(14,15)16/h1-4H,5H2. The van der Waals surface area contributed by atoms with Gasteiger partial charge in [-0.3, -0.25) is 0 Å². The molecule has 0 spiro atoms. The van der Waals surface area contributed by atoms with Gasteiger partial charge in [0.15, 0.2) is 0 Å². The first-order valence-electron chi connectivity index (χ1n) is 5.25. The Morgan fingerprint density at radius 1 is 0.870 bits per heavy atom. The van der Waals surface area contributed by atoms with Crippen molar-refractivity contribution in [1.29, 1.82) is 0 Å². The van der Waals surface area contributed by atoms with Gasteiger partial charge in [0.1, 0.15) is 12.4 Å². The predicted molar refractivity (Wildman–Crippen MR) is 61.3 cm³/mol. The first kappa shape index (κ1) is 19.6. The number of rotatable bonds is 4. The highest BCUT2D eigenvalue weighted by Gasteiger charge is 2.57. The maximum absolute atomic E-state index is 12.7. The highest BCUT2D eigenvalue weighted by atomic mass is 32.3. The number of sulfonamides is 2. The van der Waals surface area contributed by atoms with Crippen molar-refractivity contribution in [3.8, 4) is 0 Å². The van der Waals surface area contributed by atoms with Crippen LogP contribution in [0.3, 0.4) is 0 Å². The summed E-state index contributed by atoms with van der Waals surface area (Å²) in [6.07, 6.45) is -5.58. The maximum Gasteiger partial charge on any atom is 0.512 e. The molecule has 0 heterocycles. The summed E-state index contributed by atoms with van der Waals surface area (Å²) in [7, 11) is -12.6. The van der Waals surface area contributed by atoms with Crippen LogP contribution in [0.25, 0.3) is 0 Å². The van der Waals surface area contributed by atoms with Crippen molar-refractivity contribution in [2.45, 2.75) is 16.6 Å². The van der Waals surface area contributed by atoms with Gasteiger partial charge in [0, 0.05) is 0 Å². The number of alkyl halides is 6. The second kappa shape index (κ2) is 5.90. The van der Waals surface area contributed by atoms with Crippen LogP contribution >= 0.6 is 0 Å². The smallest absolute Gasteiger partial charge is 0.207 e. The van der Waals surface area contributed by atoms with Gasteiger partial charge in [-0.1, -0.05) is 3.71 Å². The molecule has 0 atom stereocenters. The second-order valence-corrected chi connectivity index (χ2v) is 7.90. The first-order valence-corrected chi connectivity index (χ1v) is 8.13. The molecule has 23 heavy (non-hydrogen) atoms. The van der Waals surface area contributed by atoms with E-state index in [1.807, 2.05) is 0 Å². The van der Waals surface area contributed by atoms with Crippen LogP contribution in [0.1, 0.15) is 0 Å². The summed E-state index contributed by atoms with van der Waals surface area (Å²) in [5.74, 6) is -1.04. The topological polar surface area (TPSA) is 71.5 Å². The van der Waals surface area contributed by atoms with Gasteiger partial charge >= 0.3 is 21.7 Å². The fourth-order valence-electron chi connectivity index (χ4n) is 1.29. The molecule has 0 saturated heterocycles. The normalized spacial score (nSPS) is 14.3. The van der Waals surface area contributed by atoms with Gasteiger partial charge in [0.25, 0.3) is 10.0 Å². The van der Waals surface area contributed by atoms with Crippen LogP contribution in [0, 0.1) is 5.82 Å². The Bertz CT molecular complexity index is 766. The fourth-order valence-corrected chi connectivity index (χ4v) is 4.41. The van der Waals surface area contributed by atoms with Crippen LogP contribution < -0.4 is 0 Å². The zero-order chi connectivity index (χ0) is 18.3. The molecular weight excluding hydrogens is 383 g/mol. The molecule has 0 aromatic heterocycles. The largest absolute Gasteiger partial charge is 0.512 e.